The van der Waals surface area contributed by atoms with Gasteiger partial charge in [-0.05, 0) is 60.7 Å². The Labute approximate surface area is 167 Å². The minimum Gasteiger partial charge on any atom is -0.484 e. The topological polar surface area (TPSA) is 116 Å². The van der Waals surface area contributed by atoms with Crippen molar-refractivity contribution in [1.82, 2.24) is 5.32 Å². The number of carbonyl (C=O) groups excluding carboxylic acids is 2. The van der Waals surface area contributed by atoms with Crippen LogP contribution in [-0.4, -0.2) is 18.5 Å². The maximum Gasteiger partial charge on any atom is 0.319 e. The standard InChI is InChI=1S/C21H18N4O4/c22-12-15-3-9-18(10-4-15)29-14-20(26)24-16-5-7-17(8-6-16)25-21(27)23-13-19-2-1-11-28-19/h1-11H,13-14H2,(H,24,26)(H2,23,25,27). The van der Waals surface area contributed by atoms with Crippen LogP contribution >= 0.6 is 0 Å². The number of ether oxygens (including phenoxy) is 1. The molecule has 0 saturated carbocycles. The molecule has 1 heterocycles. The maximum atomic E-state index is 12.0. The number of furan rings is 1. The number of urea groups is 1. The molecule has 1 aromatic heterocycles. The molecule has 29 heavy (non-hydrogen) atoms. The number of carbonyl (C=O) groups is 2. The van der Waals surface area contributed by atoms with Gasteiger partial charge in [0.15, 0.2) is 6.61 Å². The predicted molar refractivity (Wildman–Crippen MR) is 106 cm³/mol. The number of benzene rings is 2. The summed E-state index contributed by atoms with van der Waals surface area (Å²) in [7, 11) is 0. The van der Waals surface area contributed by atoms with Crippen molar-refractivity contribution in [3.05, 3.63) is 78.3 Å². The van der Waals surface area contributed by atoms with Gasteiger partial charge in [0.25, 0.3) is 5.91 Å². The molecule has 146 valence electrons. The van der Waals surface area contributed by atoms with E-state index in [2.05, 4.69) is 16.0 Å². The number of hydrogen-bond donors (Lipinski definition) is 3. The van der Waals surface area contributed by atoms with E-state index in [9.17, 15) is 9.59 Å². The second-order valence-electron chi connectivity index (χ2n) is 5.94. The molecule has 0 aliphatic heterocycles. The first-order chi connectivity index (χ1) is 14.1. The smallest absolute Gasteiger partial charge is 0.319 e. The lowest BCUT2D eigenvalue weighted by atomic mass is 10.2. The molecule has 3 rings (SSSR count). The van der Waals surface area contributed by atoms with E-state index in [-0.39, 0.29) is 25.1 Å². The van der Waals surface area contributed by atoms with Gasteiger partial charge in [-0.2, -0.15) is 5.26 Å². The largest absolute Gasteiger partial charge is 0.484 e. The van der Waals surface area contributed by atoms with Gasteiger partial charge in [0.1, 0.15) is 11.5 Å². The highest BCUT2D eigenvalue weighted by Gasteiger charge is 2.06. The highest BCUT2D eigenvalue weighted by molar-refractivity contribution is 5.93. The van der Waals surface area contributed by atoms with Crippen LogP contribution in [0.5, 0.6) is 5.75 Å². The lowest BCUT2D eigenvalue weighted by Crippen LogP contribution is -2.28. The molecular formula is C21H18N4O4. The van der Waals surface area contributed by atoms with E-state index in [1.165, 1.54) is 6.26 Å². The second-order valence-corrected chi connectivity index (χ2v) is 5.94. The maximum absolute atomic E-state index is 12.0. The minimum absolute atomic E-state index is 0.166. The zero-order valence-corrected chi connectivity index (χ0v) is 15.3. The zero-order valence-electron chi connectivity index (χ0n) is 15.3. The Morgan fingerprint density at radius 3 is 2.28 bits per heavy atom. The number of hydrogen-bond acceptors (Lipinski definition) is 5. The highest BCUT2D eigenvalue weighted by atomic mass is 16.5. The second kappa shape index (κ2) is 9.62. The van der Waals surface area contributed by atoms with Gasteiger partial charge in [0.05, 0.1) is 24.4 Å². The van der Waals surface area contributed by atoms with Crippen molar-refractivity contribution in [1.29, 1.82) is 5.26 Å². The number of nitrogens with zero attached hydrogens (tertiary/aromatic N) is 1. The summed E-state index contributed by atoms with van der Waals surface area (Å²) in [5.41, 5.74) is 1.67. The summed E-state index contributed by atoms with van der Waals surface area (Å²) in [6, 6.07) is 18.3. The number of rotatable bonds is 7. The lowest BCUT2D eigenvalue weighted by Gasteiger charge is -2.09. The molecule has 0 fully saturated rings. The van der Waals surface area contributed by atoms with Crippen molar-refractivity contribution < 1.29 is 18.7 Å². The molecule has 0 saturated heterocycles. The molecule has 0 aliphatic carbocycles. The first-order valence-electron chi connectivity index (χ1n) is 8.72. The zero-order chi connectivity index (χ0) is 20.5. The van der Waals surface area contributed by atoms with E-state index in [1.807, 2.05) is 6.07 Å². The van der Waals surface area contributed by atoms with Crippen molar-refractivity contribution in [3.63, 3.8) is 0 Å². The van der Waals surface area contributed by atoms with Crippen LogP contribution in [0.4, 0.5) is 16.2 Å². The van der Waals surface area contributed by atoms with Crippen LogP contribution in [-0.2, 0) is 11.3 Å². The third-order valence-electron chi connectivity index (χ3n) is 3.78. The van der Waals surface area contributed by atoms with Crippen molar-refractivity contribution >= 4 is 23.3 Å². The quantitative estimate of drug-likeness (QED) is 0.571. The van der Waals surface area contributed by atoms with Crippen LogP contribution in [0.15, 0.2) is 71.3 Å². The number of nitriles is 1. The molecule has 0 spiro atoms. The third kappa shape index (κ3) is 6.15. The van der Waals surface area contributed by atoms with Gasteiger partial charge in [-0.1, -0.05) is 0 Å². The molecular weight excluding hydrogens is 372 g/mol. The van der Waals surface area contributed by atoms with E-state index < -0.39 is 0 Å². The average Bonchev–Trinajstić information content (AvgIpc) is 3.26. The van der Waals surface area contributed by atoms with Crippen LogP contribution in [0.1, 0.15) is 11.3 Å². The minimum atomic E-state index is -0.367. The number of nitrogens with one attached hydrogen (secondary N) is 3. The van der Waals surface area contributed by atoms with Crippen LogP contribution in [0.3, 0.4) is 0 Å². The van der Waals surface area contributed by atoms with Crippen molar-refractivity contribution in [2.45, 2.75) is 6.54 Å². The van der Waals surface area contributed by atoms with Crippen molar-refractivity contribution in [3.8, 4) is 11.8 Å². The predicted octanol–water partition coefficient (Wildman–Crippen LogP) is 3.49. The molecule has 0 radical (unpaired) electrons. The summed E-state index contributed by atoms with van der Waals surface area (Å²) in [5.74, 6) is 0.826. The molecule has 0 unspecified atom stereocenters. The Hall–Kier alpha value is -4.25. The van der Waals surface area contributed by atoms with Crippen LogP contribution < -0.4 is 20.7 Å². The first-order valence-corrected chi connectivity index (χ1v) is 8.72. The average molecular weight is 390 g/mol. The lowest BCUT2D eigenvalue weighted by molar-refractivity contribution is -0.118. The summed E-state index contributed by atoms with van der Waals surface area (Å²) >= 11 is 0. The Morgan fingerprint density at radius 2 is 1.66 bits per heavy atom. The van der Waals surface area contributed by atoms with Crippen LogP contribution in [0.2, 0.25) is 0 Å². The molecule has 0 bridgehead atoms. The fourth-order valence-corrected chi connectivity index (χ4v) is 2.36. The fraction of sp³-hybridized carbons (Fsp3) is 0.0952. The summed E-state index contributed by atoms with van der Waals surface area (Å²) in [5, 5.41) is 16.8. The van der Waals surface area contributed by atoms with Gasteiger partial charge in [0.2, 0.25) is 0 Å². The molecule has 3 amide bonds. The van der Waals surface area contributed by atoms with Gasteiger partial charge in [-0.25, -0.2) is 4.79 Å². The molecule has 2 aromatic carbocycles. The Bertz CT molecular complexity index is 991. The molecule has 8 heteroatoms. The Balaban J connectivity index is 1.42. The summed E-state index contributed by atoms with van der Waals surface area (Å²) in [4.78, 5) is 23.9. The van der Waals surface area contributed by atoms with E-state index in [0.717, 1.165) is 0 Å². The molecule has 3 aromatic rings. The molecule has 3 N–H and O–H groups in total. The fourth-order valence-electron chi connectivity index (χ4n) is 2.36. The highest BCUT2D eigenvalue weighted by Crippen LogP contribution is 2.14. The Morgan fingerprint density at radius 1 is 0.966 bits per heavy atom. The monoisotopic (exact) mass is 390 g/mol. The van der Waals surface area contributed by atoms with E-state index in [4.69, 9.17) is 14.4 Å². The number of anilines is 2. The van der Waals surface area contributed by atoms with Crippen molar-refractivity contribution in [2.75, 3.05) is 17.2 Å². The SMILES string of the molecule is N#Cc1ccc(OCC(=O)Nc2ccc(NC(=O)NCc3ccco3)cc2)cc1. The normalized spacial score (nSPS) is 9.90. The van der Waals surface area contributed by atoms with E-state index in [0.29, 0.717) is 28.4 Å². The number of amides is 3. The van der Waals surface area contributed by atoms with Crippen LogP contribution in [0.25, 0.3) is 0 Å². The van der Waals surface area contributed by atoms with E-state index >= 15 is 0 Å². The molecule has 0 atom stereocenters. The van der Waals surface area contributed by atoms with Gasteiger partial charge < -0.3 is 25.1 Å². The summed E-state index contributed by atoms with van der Waals surface area (Å²) < 4.78 is 10.5. The van der Waals surface area contributed by atoms with Gasteiger partial charge in [0, 0.05) is 11.4 Å². The third-order valence-corrected chi connectivity index (χ3v) is 3.78. The van der Waals surface area contributed by atoms with Gasteiger partial charge in [-0.3, -0.25) is 4.79 Å². The molecule has 0 aliphatic rings. The van der Waals surface area contributed by atoms with E-state index in [1.54, 1.807) is 60.7 Å². The van der Waals surface area contributed by atoms with Gasteiger partial charge >= 0.3 is 6.03 Å². The summed E-state index contributed by atoms with van der Waals surface area (Å²) in [6.07, 6.45) is 1.54. The van der Waals surface area contributed by atoms with Crippen molar-refractivity contribution in [2.24, 2.45) is 0 Å². The van der Waals surface area contributed by atoms with Gasteiger partial charge in [-0.15, -0.1) is 0 Å². The first kappa shape index (κ1) is 19.5. The molecule has 8 nitrogen and oxygen atoms in total. The summed E-state index contributed by atoms with van der Waals surface area (Å²) in [6.45, 7) is 0.118. The Kier molecular flexibility index (Phi) is 6.47. The van der Waals surface area contributed by atoms with Crippen LogP contribution in [0, 0.1) is 11.3 Å².